The van der Waals surface area contributed by atoms with Crippen LogP contribution in [-0.4, -0.2) is 22.0 Å². The molecule has 5 heteroatoms. The van der Waals surface area contributed by atoms with Crippen LogP contribution >= 0.6 is 11.6 Å². The van der Waals surface area contributed by atoms with Crippen LogP contribution in [0.25, 0.3) is 11.0 Å². The molecule has 1 saturated heterocycles. The number of carbonyl (C=O) groups excluding carboxylic acids is 1. The number of amides is 1. The first-order valence-electron chi connectivity index (χ1n) is 10.2. The van der Waals surface area contributed by atoms with Crippen LogP contribution in [0.1, 0.15) is 29.3 Å². The van der Waals surface area contributed by atoms with Gasteiger partial charge in [0.25, 0.3) is 0 Å². The lowest BCUT2D eigenvalue weighted by Crippen LogP contribution is -2.24. The maximum atomic E-state index is 12.9. The van der Waals surface area contributed by atoms with Gasteiger partial charge in [0.05, 0.1) is 17.6 Å². The van der Waals surface area contributed by atoms with E-state index in [1.165, 1.54) is 5.56 Å². The molecule has 0 spiro atoms. The molecule has 0 unspecified atom stereocenters. The molecule has 3 aromatic carbocycles. The third-order valence-corrected chi connectivity index (χ3v) is 6.17. The first-order chi connectivity index (χ1) is 14.6. The summed E-state index contributed by atoms with van der Waals surface area (Å²) in [6.45, 7) is 3.31. The van der Waals surface area contributed by atoms with Crippen LogP contribution in [0, 0.1) is 6.92 Å². The van der Waals surface area contributed by atoms with E-state index in [1.807, 2.05) is 71.6 Å². The number of fused-ring (bicyclic) bond motifs is 1. The van der Waals surface area contributed by atoms with Gasteiger partial charge in [0.1, 0.15) is 5.82 Å². The quantitative estimate of drug-likeness (QED) is 0.437. The number of benzene rings is 3. The number of carbonyl (C=O) groups is 1. The highest BCUT2D eigenvalue weighted by Crippen LogP contribution is 2.34. The number of anilines is 1. The molecule has 150 valence electrons. The van der Waals surface area contributed by atoms with Gasteiger partial charge in [-0.2, -0.15) is 0 Å². The molecule has 1 fully saturated rings. The van der Waals surface area contributed by atoms with Gasteiger partial charge in [0.2, 0.25) is 5.91 Å². The summed E-state index contributed by atoms with van der Waals surface area (Å²) in [6, 6.07) is 24.1. The number of aryl methyl sites for hydroxylation is 1. The highest BCUT2D eigenvalue weighted by molar-refractivity contribution is 6.31. The summed E-state index contributed by atoms with van der Waals surface area (Å²) in [5, 5.41) is 0.741. The second-order valence-electron chi connectivity index (χ2n) is 7.88. The fourth-order valence-corrected chi connectivity index (χ4v) is 4.42. The molecule has 4 aromatic rings. The lowest BCUT2D eigenvalue weighted by Gasteiger charge is -2.18. The number of imidazole rings is 1. The Balaban J connectivity index is 1.53. The van der Waals surface area contributed by atoms with Crippen LogP contribution < -0.4 is 4.90 Å². The molecule has 2 heterocycles. The van der Waals surface area contributed by atoms with Gasteiger partial charge in [-0.25, -0.2) is 4.98 Å². The van der Waals surface area contributed by atoms with E-state index in [-0.39, 0.29) is 11.8 Å². The number of rotatable bonds is 4. The first kappa shape index (κ1) is 18.9. The Labute approximate surface area is 180 Å². The van der Waals surface area contributed by atoms with E-state index in [0.29, 0.717) is 19.5 Å². The van der Waals surface area contributed by atoms with Crippen LogP contribution in [0.3, 0.4) is 0 Å². The molecular formula is C25H22ClN3O. The molecule has 0 bridgehead atoms. The Morgan fingerprint density at radius 1 is 1.00 bits per heavy atom. The first-order valence-corrected chi connectivity index (χ1v) is 10.5. The fourth-order valence-electron chi connectivity index (χ4n) is 4.22. The Hall–Kier alpha value is -3.11. The summed E-state index contributed by atoms with van der Waals surface area (Å²) >= 11 is 6.45. The number of aromatic nitrogens is 2. The van der Waals surface area contributed by atoms with E-state index < -0.39 is 0 Å². The Kier molecular flexibility index (Phi) is 4.80. The number of nitrogens with zero attached hydrogens (tertiary/aromatic N) is 3. The Morgan fingerprint density at radius 3 is 2.53 bits per heavy atom. The van der Waals surface area contributed by atoms with Crippen molar-refractivity contribution >= 4 is 34.2 Å². The molecule has 0 saturated carbocycles. The van der Waals surface area contributed by atoms with Crippen molar-refractivity contribution in [1.29, 1.82) is 0 Å². The number of hydrogen-bond acceptors (Lipinski definition) is 2. The van der Waals surface area contributed by atoms with Gasteiger partial charge in [-0.1, -0.05) is 59.6 Å². The van der Waals surface area contributed by atoms with Gasteiger partial charge in [0, 0.05) is 29.6 Å². The zero-order chi connectivity index (χ0) is 20.7. The van der Waals surface area contributed by atoms with Crippen LogP contribution in [-0.2, 0) is 11.3 Å². The highest BCUT2D eigenvalue weighted by Gasteiger charge is 2.34. The van der Waals surface area contributed by atoms with Gasteiger partial charge >= 0.3 is 0 Å². The summed E-state index contributed by atoms with van der Waals surface area (Å²) in [5.41, 5.74) is 5.18. The highest BCUT2D eigenvalue weighted by atomic mass is 35.5. The molecular weight excluding hydrogens is 394 g/mol. The molecule has 1 amide bonds. The molecule has 30 heavy (non-hydrogen) atoms. The van der Waals surface area contributed by atoms with Crippen molar-refractivity contribution in [3.63, 3.8) is 0 Å². The minimum Gasteiger partial charge on any atom is -0.323 e. The second-order valence-corrected chi connectivity index (χ2v) is 8.28. The van der Waals surface area contributed by atoms with Crippen LogP contribution in [0.15, 0.2) is 72.8 Å². The molecule has 5 rings (SSSR count). The summed E-state index contributed by atoms with van der Waals surface area (Å²) < 4.78 is 2.22. The zero-order valence-electron chi connectivity index (χ0n) is 16.8. The smallest absolute Gasteiger partial charge is 0.227 e. The van der Waals surface area contributed by atoms with E-state index in [4.69, 9.17) is 16.6 Å². The normalized spacial score (nSPS) is 16.5. The monoisotopic (exact) mass is 415 g/mol. The third-order valence-electron chi connectivity index (χ3n) is 5.81. The van der Waals surface area contributed by atoms with Crippen molar-refractivity contribution in [2.24, 2.45) is 0 Å². The fraction of sp³-hybridized carbons (Fsp3) is 0.200. The van der Waals surface area contributed by atoms with Crippen molar-refractivity contribution in [2.45, 2.75) is 25.8 Å². The van der Waals surface area contributed by atoms with Crippen molar-refractivity contribution in [2.75, 3.05) is 11.4 Å². The van der Waals surface area contributed by atoms with E-state index in [2.05, 4.69) is 17.6 Å². The SMILES string of the molecule is Cc1ccc(N2C[C@H](c3nc4ccccc4n3Cc3ccccc3Cl)CC2=O)cc1. The van der Waals surface area contributed by atoms with Gasteiger partial charge < -0.3 is 9.47 Å². The largest absolute Gasteiger partial charge is 0.323 e. The van der Waals surface area contributed by atoms with Crippen LogP contribution in [0.2, 0.25) is 5.02 Å². The van der Waals surface area contributed by atoms with Gasteiger partial charge in [-0.3, -0.25) is 4.79 Å². The maximum Gasteiger partial charge on any atom is 0.227 e. The van der Waals surface area contributed by atoms with E-state index in [1.54, 1.807) is 0 Å². The Bertz CT molecular complexity index is 1230. The number of hydrogen-bond donors (Lipinski definition) is 0. The number of halogens is 1. The molecule has 0 aliphatic carbocycles. The van der Waals surface area contributed by atoms with Gasteiger partial charge in [0.15, 0.2) is 0 Å². The second kappa shape index (κ2) is 7.62. The van der Waals surface area contributed by atoms with Crippen LogP contribution in [0.4, 0.5) is 5.69 Å². The van der Waals surface area contributed by atoms with Crippen molar-refractivity contribution < 1.29 is 4.79 Å². The van der Waals surface area contributed by atoms with Crippen LogP contribution in [0.5, 0.6) is 0 Å². The molecule has 0 radical (unpaired) electrons. The van der Waals surface area contributed by atoms with Crippen molar-refractivity contribution in [1.82, 2.24) is 9.55 Å². The topological polar surface area (TPSA) is 38.1 Å². The average Bonchev–Trinajstić information content (AvgIpc) is 3.31. The molecule has 1 atom stereocenters. The number of para-hydroxylation sites is 2. The lowest BCUT2D eigenvalue weighted by molar-refractivity contribution is -0.117. The van der Waals surface area contributed by atoms with E-state index in [9.17, 15) is 4.79 Å². The zero-order valence-corrected chi connectivity index (χ0v) is 17.5. The van der Waals surface area contributed by atoms with Gasteiger partial charge in [-0.05, 0) is 42.8 Å². The predicted octanol–water partition coefficient (Wildman–Crippen LogP) is 5.57. The minimum atomic E-state index is 0.0358. The summed E-state index contributed by atoms with van der Waals surface area (Å²) in [6.07, 6.45) is 0.458. The predicted molar refractivity (Wildman–Crippen MR) is 121 cm³/mol. The molecule has 1 aliphatic heterocycles. The maximum absolute atomic E-state index is 12.9. The van der Waals surface area contributed by atoms with E-state index in [0.717, 1.165) is 33.1 Å². The third kappa shape index (κ3) is 3.37. The van der Waals surface area contributed by atoms with Gasteiger partial charge in [-0.15, -0.1) is 0 Å². The molecule has 1 aromatic heterocycles. The molecule has 1 aliphatic rings. The summed E-state index contributed by atoms with van der Waals surface area (Å²) in [5.74, 6) is 1.12. The van der Waals surface area contributed by atoms with E-state index >= 15 is 0 Å². The van der Waals surface area contributed by atoms with Crippen molar-refractivity contribution in [3.8, 4) is 0 Å². The lowest BCUT2D eigenvalue weighted by atomic mass is 10.1. The molecule has 0 N–H and O–H groups in total. The standard InChI is InChI=1S/C25H22ClN3O/c1-17-10-12-20(13-11-17)28-16-19(14-24(28)30)25-27-22-8-4-5-9-23(22)29(25)15-18-6-2-3-7-21(18)26/h2-13,19H,14-16H2,1H3/t19-/m1/s1. The molecule has 4 nitrogen and oxygen atoms in total. The van der Waals surface area contributed by atoms with Crippen molar-refractivity contribution in [3.05, 3.63) is 94.8 Å². The average molecular weight is 416 g/mol. The minimum absolute atomic E-state index is 0.0358. The summed E-state index contributed by atoms with van der Waals surface area (Å²) in [4.78, 5) is 19.7. The summed E-state index contributed by atoms with van der Waals surface area (Å²) in [7, 11) is 0. The Morgan fingerprint density at radius 2 is 1.73 bits per heavy atom.